The number of rotatable bonds is 4. The third-order valence-corrected chi connectivity index (χ3v) is 2.40. The molecule has 0 N–H and O–H groups in total. The summed E-state index contributed by atoms with van der Waals surface area (Å²) in [5.41, 5.74) is 0.0685. The van der Waals surface area contributed by atoms with Crippen molar-refractivity contribution in [1.82, 2.24) is 14.5 Å². The van der Waals surface area contributed by atoms with E-state index in [1.807, 2.05) is 0 Å². The van der Waals surface area contributed by atoms with Crippen LogP contribution in [0.25, 0.3) is 0 Å². The third-order valence-electron chi connectivity index (χ3n) is 2.40. The van der Waals surface area contributed by atoms with Gasteiger partial charge in [0.1, 0.15) is 11.5 Å². The maximum atomic E-state index is 12.6. The average molecular weight is 247 g/mol. The molecule has 0 aromatic carbocycles. The molecule has 0 aliphatic heterocycles. The molecule has 0 saturated carbocycles. The zero-order valence-electron chi connectivity index (χ0n) is 9.63. The predicted molar refractivity (Wildman–Crippen MR) is 60.7 cm³/mol. The second-order valence-electron chi connectivity index (χ2n) is 3.75. The number of nitrogens with zero attached hydrogens (tertiary/aromatic N) is 3. The van der Waals surface area contributed by atoms with E-state index in [2.05, 4.69) is 9.97 Å². The van der Waals surface area contributed by atoms with Crippen molar-refractivity contribution in [2.75, 3.05) is 0 Å². The monoisotopic (exact) mass is 247 g/mol. The molecule has 2 heterocycles. The molecule has 6 heteroatoms. The second-order valence-corrected chi connectivity index (χ2v) is 3.75. The van der Waals surface area contributed by atoms with Crippen molar-refractivity contribution in [2.24, 2.45) is 7.05 Å². The summed E-state index contributed by atoms with van der Waals surface area (Å²) in [5.74, 6) is -1.16. The van der Waals surface area contributed by atoms with Gasteiger partial charge in [-0.05, 0) is 12.1 Å². The number of Topliss-reactive ketones (excluding diaryl/α,β-unsaturated/α-hetero) is 2. The van der Waals surface area contributed by atoms with Crippen molar-refractivity contribution in [2.45, 2.75) is 6.42 Å². The van der Waals surface area contributed by atoms with Crippen LogP contribution in [0.2, 0.25) is 0 Å². The van der Waals surface area contributed by atoms with Crippen LogP contribution in [-0.2, 0) is 7.05 Å². The number of ketones is 2. The van der Waals surface area contributed by atoms with Gasteiger partial charge in [0, 0.05) is 19.4 Å². The first-order valence-electron chi connectivity index (χ1n) is 5.23. The van der Waals surface area contributed by atoms with E-state index >= 15 is 0 Å². The molecule has 0 amide bonds. The van der Waals surface area contributed by atoms with E-state index < -0.39 is 17.4 Å². The molecule has 92 valence electrons. The molecule has 0 spiro atoms. The van der Waals surface area contributed by atoms with Crippen molar-refractivity contribution in [3.05, 3.63) is 48.1 Å². The molecule has 0 saturated heterocycles. The van der Waals surface area contributed by atoms with Gasteiger partial charge >= 0.3 is 0 Å². The van der Waals surface area contributed by atoms with Crippen LogP contribution in [0.1, 0.15) is 27.5 Å². The summed E-state index contributed by atoms with van der Waals surface area (Å²) < 4.78 is 14.2. The maximum absolute atomic E-state index is 12.6. The van der Waals surface area contributed by atoms with Gasteiger partial charge in [-0.15, -0.1) is 0 Å². The Balaban J connectivity index is 2.10. The van der Waals surface area contributed by atoms with Gasteiger partial charge in [-0.25, -0.2) is 9.37 Å². The minimum Gasteiger partial charge on any atom is -0.332 e. The van der Waals surface area contributed by atoms with Gasteiger partial charge in [0.25, 0.3) is 0 Å². The third kappa shape index (κ3) is 2.48. The van der Waals surface area contributed by atoms with Crippen LogP contribution in [-0.4, -0.2) is 26.1 Å². The fraction of sp³-hybridized carbons (Fsp3) is 0.167. The Hall–Kier alpha value is -2.37. The normalized spacial score (nSPS) is 10.3. The Labute approximate surface area is 102 Å². The first-order valence-corrected chi connectivity index (χ1v) is 5.23. The summed E-state index contributed by atoms with van der Waals surface area (Å²) in [6.07, 6.45) is 3.71. The number of aromatic nitrogens is 3. The van der Waals surface area contributed by atoms with Gasteiger partial charge in [0.15, 0.2) is 11.6 Å². The molecule has 0 unspecified atom stereocenters. The predicted octanol–water partition coefficient (Wildman–Crippen LogP) is 1.41. The lowest BCUT2D eigenvalue weighted by atomic mass is 10.1. The van der Waals surface area contributed by atoms with E-state index in [0.717, 1.165) is 12.3 Å². The van der Waals surface area contributed by atoms with Crippen LogP contribution in [0.3, 0.4) is 0 Å². The fourth-order valence-electron chi connectivity index (χ4n) is 1.49. The number of aryl methyl sites for hydroxylation is 1. The quantitative estimate of drug-likeness (QED) is 0.605. The highest BCUT2D eigenvalue weighted by Gasteiger charge is 2.17. The lowest BCUT2D eigenvalue weighted by molar-refractivity contribution is 0.0884. The molecule has 0 aliphatic carbocycles. The molecule has 2 aromatic rings. The molecule has 2 rings (SSSR count). The minimum absolute atomic E-state index is 0.0685. The van der Waals surface area contributed by atoms with Crippen LogP contribution in [0, 0.1) is 5.82 Å². The summed E-state index contributed by atoms with van der Waals surface area (Å²) >= 11 is 0. The highest BCUT2D eigenvalue weighted by atomic mass is 19.1. The van der Waals surface area contributed by atoms with Crippen LogP contribution >= 0.6 is 0 Å². The number of carbonyl (C=O) groups excluding carboxylic acids is 2. The summed E-state index contributed by atoms with van der Waals surface area (Å²) in [7, 11) is 1.67. The summed E-state index contributed by atoms with van der Waals surface area (Å²) in [4.78, 5) is 31.0. The minimum atomic E-state index is -0.526. The topological polar surface area (TPSA) is 64.8 Å². The highest BCUT2D eigenvalue weighted by Crippen LogP contribution is 2.06. The largest absolute Gasteiger partial charge is 0.332 e. The lowest BCUT2D eigenvalue weighted by Gasteiger charge is -2.00. The standard InChI is InChI=1S/C12H10FN3O2/c1-16-5-4-14-12(16)11(18)6-10(17)9-3-2-8(13)7-15-9/h2-5,7H,6H2,1H3. The Morgan fingerprint density at radius 1 is 1.28 bits per heavy atom. The van der Waals surface area contributed by atoms with Gasteiger partial charge < -0.3 is 4.57 Å². The maximum Gasteiger partial charge on any atom is 0.206 e. The molecule has 0 bridgehead atoms. The SMILES string of the molecule is Cn1ccnc1C(=O)CC(=O)c1ccc(F)cn1. The number of imidazole rings is 1. The molecule has 0 aliphatic rings. The Kier molecular flexibility index (Phi) is 3.27. The van der Waals surface area contributed by atoms with Crippen LogP contribution in [0.15, 0.2) is 30.7 Å². The second kappa shape index (κ2) is 4.87. The van der Waals surface area contributed by atoms with E-state index in [9.17, 15) is 14.0 Å². The van der Waals surface area contributed by atoms with Crippen molar-refractivity contribution < 1.29 is 14.0 Å². The molecular weight excluding hydrogens is 237 g/mol. The van der Waals surface area contributed by atoms with Crippen LogP contribution in [0.5, 0.6) is 0 Å². The first-order chi connectivity index (χ1) is 8.58. The number of carbonyl (C=O) groups is 2. The molecular formula is C12H10FN3O2. The van der Waals surface area contributed by atoms with Gasteiger partial charge in [0.05, 0.1) is 12.6 Å². The summed E-state index contributed by atoms with van der Waals surface area (Å²) in [6.45, 7) is 0. The zero-order chi connectivity index (χ0) is 13.1. The summed E-state index contributed by atoms with van der Waals surface area (Å²) in [6, 6.07) is 2.38. The number of hydrogen-bond acceptors (Lipinski definition) is 4. The number of hydrogen-bond donors (Lipinski definition) is 0. The van der Waals surface area contributed by atoms with Crippen LogP contribution in [0.4, 0.5) is 4.39 Å². The smallest absolute Gasteiger partial charge is 0.206 e. The zero-order valence-corrected chi connectivity index (χ0v) is 9.63. The molecule has 2 aromatic heterocycles. The van der Waals surface area contributed by atoms with Crippen molar-refractivity contribution in [3.63, 3.8) is 0 Å². The van der Waals surface area contributed by atoms with Gasteiger partial charge in [-0.1, -0.05) is 0 Å². The molecule has 0 radical (unpaired) electrons. The van der Waals surface area contributed by atoms with E-state index in [1.54, 1.807) is 13.2 Å². The summed E-state index contributed by atoms with van der Waals surface area (Å²) in [5, 5.41) is 0. The lowest BCUT2D eigenvalue weighted by Crippen LogP contribution is -2.13. The number of halogens is 1. The van der Waals surface area contributed by atoms with Gasteiger partial charge in [0.2, 0.25) is 5.78 Å². The van der Waals surface area contributed by atoms with Gasteiger partial charge in [-0.3, -0.25) is 14.6 Å². The first kappa shape index (κ1) is 12.1. The molecule has 0 fully saturated rings. The van der Waals surface area contributed by atoms with E-state index in [-0.39, 0.29) is 17.9 Å². The molecule has 5 nitrogen and oxygen atoms in total. The van der Waals surface area contributed by atoms with E-state index in [4.69, 9.17) is 0 Å². The van der Waals surface area contributed by atoms with E-state index in [1.165, 1.54) is 16.8 Å². The Morgan fingerprint density at radius 3 is 2.61 bits per heavy atom. The van der Waals surface area contributed by atoms with Crippen LogP contribution < -0.4 is 0 Å². The van der Waals surface area contributed by atoms with Crippen molar-refractivity contribution in [3.8, 4) is 0 Å². The van der Waals surface area contributed by atoms with Crippen molar-refractivity contribution in [1.29, 1.82) is 0 Å². The molecule has 18 heavy (non-hydrogen) atoms. The van der Waals surface area contributed by atoms with Gasteiger partial charge in [-0.2, -0.15) is 0 Å². The Bertz CT molecular complexity index is 590. The van der Waals surface area contributed by atoms with Crippen molar-refractivity contribution >= 4 is 11.6 Å². The molecule has 0 atom stereocenters. The van der Waals surface area contributed by atoms with E-state index in [0.29, 0.717) is 0 Å². The number of pyridine rings is 1. The highest BCUT2D eigenvalue weighted by molar-refractivity contribution is 6.11. The fourth-order valence-corrected chi connectivity index (χ4v) is 1.49. The Morgan fingerprint density at radius 2 is 2.06 bits per heavy atom. The average Bonchev–Trinajstić information content (AvgIpc) is 2.76.